The van der Waals surface area contributed by atoms with Crippen molar-refractivity contribution in [3.05, 3.63) is 21.7 Å². The standard InChI is InChI=1S/C12H18N2O4/c1-8(2)14-11(15)9-7-13(12(16)17-3)6-4-5-10(9)18-14/h8H,4-7H2,1-3H3. The van der Waals surface area contributed by atoms with E-state index < -0.39 is 6.09 Å². The van der Waals surface area contributed by atoms with Crippen molar-refractivity contribution in [2.75, 3.05) is 13.7 Å². The first-order valence-corrected chi connectivity index (χ1v) is 6.11. The summed E-state index contributed by atoms with van der Waals surface area (Å²) in [5.74, 6) is 0.695. The Morgan fingerprint density at radius 1 is 1.44 bits per heavy atom. The van der Waals surface area contributed by atoms with Crippen LogP contribution >= 0.6 is 0 Å². The Morgan fingerprint density at radius 2 is 2.17 bits per heavy atom. The summed E-state index contributed by atoms with van der Waals surface area (Å²) >= 11 is 0. The Morgan fingerprint density at radius 3 is 2.78 bits per heavy atom. The lowest BCUT2D eigenvalue weighted by Crippen LogP contribution is -2.32. The molecule has 0 N–H and O–H groups in total. The minimum absolute atomic E-state index is 0.0176. The van der Waals surface area contributed by atoms with Crippen LogP contribution in [-0.4, -0.2) is 29.4 Å². The Hall–Kier alpha value is -1.72. The maximum absolute atomic E-state index is 12.2. The van der Waals surface area contributed by atoms with Gasteiger partial charge in [-0.25, -0.2) is 4.79 Å². The first-order chi connectivity index (χ1) is 8.54. The summed E-state index contributed by atoms with van der Waals surface area (Å²) in [6.45, 7) is 4.63. The second-order valence-corrected chi connectivity index (χ2v) is 4.71. The number of amides is 1. The second kappa shape index (κ2) is 4.88. The molecule has 1 aromatic rings. The highest BCUT2D eigenvalue weighted by Gasteiger charge is 2.26. The molecule has 0 atom stereocenters. The molecule has 0 saturated heterocycles. The smallest absolute Gasteiger partial charge is 0.409 e. The lowest BCUT2D eigenvalue weighted by atomic mass is 10.2. The summed E-state index contributed by atoms with van der Waals surface area (Å²) in [7, 11) is 1.34. The molecule has 1 aliphatic rings. The zero-order chi connectivity index (χ0) is 13.3. The van der Waals surface area contributed by atoms with Gasteiger partial charge in [-0.05, 0) is 20.3 Å². The maximum Gasteiger partial charge on any atom is 0.409 e. The van der Waals surface area contributed by atoms with Gasteiger partial charge in [0.15, 0.2) is 0 Å². The molecule has 1 amide bonds. The van der Waals surface area contributed by atoms with Gasteiger partial charge in [-0.2, -0.15) is 4.74 Å². The van der Waals surface area contributed by atoms with Gasteiger partial charge in [0.05, 0.1) is 25.3 Å². The number of ether oxygens (including phenoxy) is 1. The quantitative estimate of drug-likeness (QED) is 0.762. The minimum Gasteiger partial charge on any atom is -0.453 e. The fourth-order valence-corrected chi connectivity index (χ4v) is 2.15. The van der Waals surface area contributed by atoms with Gasteiger partial charge < -0.3 is 14.2 Å². The molecule has 0 aliphatic carbocycles. The van der Waals surface area contributed by atoms with Crippen LogP contribution < -0.4 is 5.56 Å². The van der Waals surface area contributed by atoms with Gasteiger partial charge >= 0.3 is 6.09 Å². The van der Waals surface area contributed by atoms with Crippen molar-refractivity contribution in [2.45, 2.75) is 39.3 Å². The number of nitrogens with zero attached hydrogens (tertiary/aromatic N) is 2. The SMILES string of the molecule is COC(=O)N1CCCc2on(C(C)C)c(=O)c2C1. The van der Waals surface area contributed by atoms with Gasteiger partial charge in [0.25, 0.3) is 5.56 Å². The number of hydrogen-bond acceptors (Lipinski definition) is 4. The topological polar surface area (TPSA) is 64.7 Å². The summed E-state index contributed by atoms with van der Waals surface area (Å²) in [4.78, 5) is 25.2. The molecule has 6 heteroatoms. The van der Waals surface area contributed by atoms with Crippen molar-refractivity contribution in [2.24, 2.45) is 0 Å². The zero-order valence-corrected chi connectivity index (χ0v) is 10.9. The van der Waals surface area contributed by atoms with Crippen molar-refractivity contribution < 1.29 is 14.1 Å². The third-order valence-electron chi connectivity index (χ3n) is 3.09. The van der Waals surface area contributed by atoms with Crippen LogP contribution in [0.3, 0.4) is 0 Å². The average Bonchev–Trinajstić information content (AvgIpc) is 2.54. The van der Waals surface area contributed by atoms with Gasteiger partial charge in [0.2, 0.25) is 0 Å². The average molecular weight is 254 g/mol. The van der Waals surface area contributed by atoms with Crippen molar-refractivity contribution in [1.82, 2.24) is 9.64 Å². The number of methoxy groups -OCH3 is 1. The number of fused-ring (bicyclic) bond motifs is 1. The number of hydrogen-bond donors (Lipinski definition) is 0. The molecule has 1 aromatic heterocycles. The first kappa shape index (κ1) is 12.7. The lowest BCUT2D eigenvalue weighted by molar-refractivity contribution is 0.121. The van der Waals surface area contributed by atoms with E-state index in [9.17, 15) is 9.59 Å². The molecule has 0 fully saturated rings. The monoisotopic (exact) mass is 254 g/mol. The maximum atomic E-state index is 12.2. The lowest BCUT2D eigenvalue weighted by Gasteiger charge is -2.17. The minimum atomic E-state index is -0.403. The van der Waals surface area contributed by atoms with Crippen molar-refractivity contribution in [1.29, 1.82) is 0 Å². The number of rotatable bonds is 1. The van der Waals surface area contributed by atoms with Crippen LogP contribution in [0, 0.1) is 0 Å². The van der Waals surface area contributed by atoms with Crippen LogP contribution in [0.25, 0.3) is 0 Å². The largest absolute Gasteiger partial charge is 0.453 e. The molecular weight excluding hydrogens is 236 g/mol. The van der Waals surface area contributed by atoms with Crippen molar-refractivity contribution in [3.8, 4) is 0 Å². The van der Waals surface area contributed by atoms with Crippen LogP contribution in [0.5, 0.6) is 0 Å². The van der Waals surface area contributed by atoms with Crippen LogP contribution in [0.4, 0.5) is 4.79 Å². The molecule has 6 nitrogen and oxygen atoms in total. The third kappa shape index (κ3) is 2.14. The molecule has 100 valence electrons. The van der Waals surface area contributed by atoms with E-state index in [1.54, 1.807) is 0 Å². The Kier molecular flexibility index (Phi) is 3.45. The molecule has 2 rings (SSSR count). The molecule has 0 radical (unpaired) electrons. The fraction of sp³-hybridized carbons (Fsp3) is 0.667. The molecule has 0 spiro atoms. The van der Waals surface area contributed by atoms with Crippen molar-refractivity contribution in [3.63, 3.8) is 0 Å². The van der Waals surface area contributed by atoms with E-state index in [4.69, 9.17) is 9.26 Å². The number of carbonyl (C=O) groups excluding carboxylic acids is 1. The number of aromatic nitrogens is 1. The van der Waals surface area contributed by atoms with Crippen LogP contribution in [0.2, 0.25) is 0 Å². The predicted molar refractivity (Wildman–Crippen MR) is 64.5 cm³/mol. The summed E-state index contributed by atoms with van der Waals surface area (Å²) in [6, 6.07) is -0.0176. The summed E-state index contributed by atoms with van der Waals surface area (Å²) < 4.78 is 11.6. The molecule has 0 aromatic carbocycles. The van der Waals surface area contributed by atoms with Gasteiger partial charge in [0, 0.05) is 13.0 Å². The summed E-state index contributed by atoms with van der Waals surface area (Å²) in [5.41, 5.74) is 0.433. The normalized spacial score (nSPS) is 15.4. The fourth-order valence-electron chi connectivity index (χ4n) is 2.15. The highest BCUT2D eigenvalue weighted by Crippen LogP contribution is 2.18. The molecule has 18 heavy (non-hydrogen) atoms. The van der Waals surface area contributed by atoms with E-state index in [0.717, 1.165) is 6.42 Å². The van der Waals surface area contributed by atoms with Crippen molar-refractivity contribution >= 4 is 6.09 Å². The van der Waals surface area contributed by atoms with E-state index >= 15 is 0 Å². The van der Waals surface area contributed by atoms with Gasteiger partial charge in [0.1, 0.15) is 5.76 Å². The Bertz CT molecular complexity index is 501. The van der Waals surface area contributed by atoms with E-state index in [0.29, 0.717) is 24.3 Å². The molecule has 2 heterocycles. The zero-order valence-electron chi connectivity index (χ0n) is 10.9. The van der Waals surface area contributed by atoms with E-state index in [1.807, 2.05) is 13.8 Å². The molecule has 0 bridgehead atoms. The molecule has 0 unspecified atom stereocenters. The highest BCUT2D eigenvalue weighted by atomic mass is 16.5. The van der Waals surface area contributed by atoms with Gasteiger partial charge in [-0.1, -0.05) is 0 Å². The van der Waals surface area contributed by atoms with E-state index in [2.05, 4.69) is 0 Å². The van der Waals surface area contributed by atoms with Crippen LogP contribution in [0.1, 0.15) is 37.6 Å². The molecular formula is C12H18N2O4. The number of carbonyl (C=O) groups is 1. The van der Waals surface area contributed by atoms with E-state index in [1.165, 1.54) is 16.7 Å². The predicted octanol–water partition coefficient (Wildman–Crippen LogP) is 1.54. The first-order valence-electron chi connectivity index (χ1n) is 6.11. The Labute approximate surface area is 105 Å². The second-order valence-electron chi connectivity index (χ2n) is 4.71. The summed E-state index contributed by atoms with van der Waals surface area (Å²) in [6.07, 6.45) is 1.05. The highest BCUT2D eigenvalue weighted by molar-refractivity contribution is 5.67. The van der Waals surface area contributed by atoms with Gasteiger partial charge in [-0.3, -0.25) is 4.79 Å². The molecule has 1 aliphatic heterocycles. The molecule has 0 saturated carbocycles. The Balaban J connectivity index is 2.35. The van der Waals surface area contributed by atoms with Gasteiger partial charge in [-0.15, -0.1) is 0 Å². The van der Waals surface area contributed by atoms with Crippen LogP contribution in [-0.2, 0) is 17.7 Å². The third-order valence-corrected chi connectivity index (χ3v) is 3.09. The van der Waals surface area contributed by atoms with E-state index in [-0.39, 0.29) is 18.1 Å². The number of aryl methyl sites for hydroxylation is 1. The summed E-state index contributed by atoms with van der Waals surface area (Å²) in [5, 5.41) is 0. The van der Waals surface area contributed by atoms with Crippen LogP contribution in [0.15, 0.2) is 9.32 Å².